The largest absolute Gasteiger partial charge is 0.497 e. The molecule has 0 heterocycles. The summed E-state index contributed by atoms with van der Waals surface area (Å²) < 4.78 is 5.04. The number of methoxy groups -OCH3 is 1. The lowest BCUT2D eigenvalue weighted by Crippen LogP contribution is -2.27. The van der Waals surface area contributed by atoms with Crippen molar-refractivity contribution in [1.82, 2.24) is 0 Å². The second kappa shape index (κ2) is 5.47. The van der Waals surface area contributed by atoms with E-state index in [4.69, 9.17) is 14.9 Å². The normalized spacial score (nSPS) is 10.3. The maximum atomic E-state index is 8.86. The van der Waals surface area contributed by atoms with E-state index in [2.05, 4.69) is 5.32 Å². The molecule has 0 radical (unpaired) electrons. The van der Waals surface area contributed by atoms with E-state index in [-0.39, 0.29) is 19.3 Å². The molecule has 0 aliphatic carbocycles. The average Bonchev–Trinajstić information content (AvgIpc) is 2.26. The third-order valence-electron chi connectivity index (χ3n) is 1.88. The SMILES string of the molecule is COc1cccc(NC(CO)CO)c1. The van der Waals surface area contributed by atoms with Crippen molar-refractivity contribution >= 4 is 5.69 Å². The monoisotopic (exact) mass is 197 g/mol. The number of rotatable bonds is 5. The summed E-state index contributed by atoms with van der Waals surface area (Å²) in [6, 6.07) is 6.99. The first-order valence-electron chi connectivity index (χ1n) is 4.42. The number of hydrogen-bond donors (Lipinski definition) is 3. The maximum Gasteiger partial charge on any atom is 0.120 e. The fourth-order valence-corrected chi connectivity index (χ4v) is 1.10. The van der Waals surface area contributed by atoms with Crippen LogP contribution >= 0.6 is 0 Å². The van der Waals surface area contributed by atoms with E-state index < -0.39 is 0 Å². The van der Waals surface area contributed by atoms with Gasteiger partial charge in [-0.1, -0.05) is 6.07 Å². The van der Waals surface area contributed by atoms with Crippen LogP contribution in [0.25, 0.3) is 0 Å². The highest BCUT2D eigenvalue weighted by Gasteiger charge is 2.04. The highest BCUT2D eigenvalue weighted by Crippen LogP contribution is 2.17. The van der Waals surface area contributed by atoms with Crippen molar-refractivity contribution < 1.29 is 14.9 Å². The lowest BCUT2D eigenvalue weighted by Gasteiger charge is -2.15. The quantitative estimate of drug-likeness (QED) is 0.641. The molecule has 1 rings (SSSR count). The number of hydrogen-bond acceptors (Lipinski definition) is 4. The van der Waals surface area contributed by atoms with E-state index in [9.17, 15) is 0 Å². The molecule has 0 saturated carbocycles. The molecule has 4 heteroatoms. The van der Waals surface area contributed by atoms with Crippen LogP contribution in [0.3, 0.4) is 0 Å². The van der Waals surface area contributed by atoms with Gasteiger partial charge in [0.05, 0.1) is 26.4 Å². The first-order chi connectivity index (χ1) is 6.80. The molecule has 0 aromatic heterocycles. The standard InChI is InChI=1S/C10H15NO3/c1-14-10-4-2-3-8(5-10)11-9(6-12)7-13/h2-5,9,11-13H,6-7H2,1H3. The fourth-order valence-electron chi connectivity index (χ4n) is 1.10. The van der Waals surface area contributed by atoms with Crippen LogP contribution in [0, 0.1) is 0 Å². The molecule has 0 spiro atoms. The molecule has 0 unspecified atom stereocenters. The molecule has 0 bridgehead atoms. The average molecular weight is 197 g/mol. The number of aliphatic hydroxyl groups excluding tert-OH is 2. The van der Waals surface area contributed by atoms with Crippen molar-refractivity contribution in [2.75, 3.05) is 25.6 Å². The summed E-state index contributed by atoms with van der Waals surface area (Å²) in [5, 5.41) is 20.7. The van der Waals surface area contributed by atoms with Gasteiger partial charge in [0.2, 0.25) is 0 Å². The second-order valence-electron chi connectivity index (χ2n) is 2.94. The Hall–Kier alpha value is -1.26. The summed E-state index contributed by atoms with van der Waals surface area (Å²) >= 11 is 0. The Balaban J connectivity index is 2.65. The van der Waals surface area contributed by atoms with Crippen LogP contribution < -0.4 is 10.1 Å². The van der Waals surface area contributed by atoms with Gasteiger partial charge < -0.3 is 20.3 Å². The van der Waals surface area contributed by atoms with Gasteiger partial charge in [0, 0.05) is 11.8 Å². The number of ether oxygens (including phenoxy) is 1. The van der Waals surface area contributed by atoms with Crippen LogP contribution in [0.15, 0.2) is 24.3 Å². The predicted octanol–water partition coefficient (Wildman–Crippen LogP) is 0.460. The van der Waals surface area contributed by atoms with Gasteiger partial charge in [-0.3, -0.25) is 0 Å². The zero-order valence-electron chi connectivity index (χ0n) is 8.10. The number of aliphatic hydroxyl groups is 2. The lowest BCUT2D eigenvalue weighted by molar-refractivity contribution is 0.204. The van der Waals surface area contributed by atoms with Crippen molar-refractivity contribution in [3.8, 4) is 5.75 Å². The number of nitrogens with one attached hydrogen (secondary N) is 1. The van der Waals surface area contributed by atoms with Crippen molar-refractivity contribution in [1.29, 1.82) is 0 Å². The van der Waals surface area contributed by atoms with Crippen LogP contribution in [0.4, 0.5) is 5.69 Å². The van der Waals surface area contributed by atoms with E-state index in [1.54, 1.807) is 13.2 Å². The van der Waals surface area contributed by atoms with Gasteiger partial charge in [0.1, 0.15) is 5.75 Å². The zero-order chi connectivity index (χ0) is 10.4. The topological polar surface area (TPSA) is 61.7 Å². The summed E-state index contributed by atoms with van der Waals surface area (Å²) in [6.07, 6.45) is 0. The van der Waals surface area contributed by atoms with Crippen LogP contribution in [0.1, 0.15) is 0 Å². The molecule has 0 saturated heterocycles. The molecule has 0 atom stereocenters. The molecule has 78 valence electrons. The molecular weight excluding hydrogens is 182 g/mol. The van der Waals surface area contributed by atoms with Crippen LogP contribution in [-0.4, -0.2) is 36.6 Å². The Morgan fingerprint density at radius 1 is 1.36 bits per heavy atom. The first kappa shape index (κ1) is 10.8. The Morgan fingerprint density at radius 3 is 2.64 bits per heavy atom. The maximum absolute atomic E-state index is 8.86. The van der Waals surface area contributed by atoms with Crippen LogP contribution in [0.2, 0.25) is 0 Å². The summed E-state index contributed by atoms with van der Waals surface area (Å²) in [5.74, 6) is 0.740. The smallest absolute Gasteiger partial charge is 0.120 e. The van der Waals surface area contributed by atoms with Crippen molar-refractivity contribution in [3.05, 3.63) is 24.3 Å². The van der Waals surface area contributed by atoms with Crippen LogP contribution in [-0.2, 0) is 0 Å². The molecule has 4 nitrogen and oxygen atoms in total. The van der Waals surface area contributed by atoms with Crippen molar-refractivity contribution in [2.24, 2.45) is 0 Å². The van der Waals surface area contributed by atoms with Crippen molar-refractivity contribution in [2.45, 2.75) is 6.04 Å². The fraction of sp³-hybridized carbons (Fsp3) is 0.400. The van der Waals surface area contributed by atoms with Gasteiger partial charge in [0.15, 0.2) is 0 Å². The summed E-state index contributed by atoms with van der Waals surface area (Å²) in [4.78, 5) is 0. The lowest BCUT2D eigenvalue weighted by atomic mass is 10.2. The summed E-state index contributed by atoms with van der Waals surface area (Å²) in [5.41, 5.74) is 0.817. The predicted molar refractivity (Wildman–Crippen MR) is 54.6 cm³/mol. The minimum atomic E-state index is -0.331. The summed E-state index contributed by atoms with van der Waals surface area (Å²) in [6.45, 7) is -0.207. The van der Waals surface area contributed by atoms with E-state index in [0.717, 1.165) is 11.4 Å². The van der Waals surface area contributed by atoms with E-state index in [1.807, 2.05) is 18.2 Å². The van der Waals surface area contributed by atoms with Gasteiger partial charge in [-0.05, 0) is 12.1 Å². The molecular formula is C10H15NO3. The molecule has 0 aliphatic rings. The van der Waals surface area contributed by atoms with Gasteiger partial charge in [-0.25, -0.2) is 0 Å². The highest BCUT2D eigenvalue weighted by molar-refractivity contribution is 5.48. The van der Waals surface area contributed by atoms with Gasteiger partial charge >= 0.3 is 0 Å². The molecule has 0 fully saturated rings. The molecule has 14 heavy (non-hydrogen) atoms. The first-order valence-corrected chi connectivity index (χ1v) is 4.42. The van der Waals surface area contributed by atoms with Gasteiger partial charge in [0.25, 0.3) is 0 Å². The third-order valence-corrected chi connectivity index (χ3v) is 1.88. The molecule has 3 N–H and O–H groups in total. The van der Waals surface area contributed by atoms with Crippen molar-refractivity contribution in [3.63, 3.8) is 0 Å². The molecule has 0 aliphatic heterocycles. The Labute approximate surface area is 83.1 Å². The number of anilines is 1. The Bertz CT molecular complexity index is 274. The minimum absolute atomic E-state index is 0.103. The second-order valence-corrected chi connectivity index (χ2v) is 2.94. The highest BCUT2D eigenvalue weighted by atomic mass is 16.5. The van der Waals surface area contributed by atoms with E-state index in [0.29, 0.717) is 0 Å². The minimum Gasteiger partial charge on any atom is -0.497 e. The van der Waals surface area contributed by atoms with Crippen LogP contribution in [0.5, 0.6) is 5.75 Å². The third kappa shape index (κ3) is 2.90. The number of benzene rings is 1. The zero-order valence-corrected chi connectivity index (χ0v) is 8.10. The molecule has 1 aromatic carbocycles. The van der Waals surface area contributed by atoms with Gasteiger partial charge in [-0.15, -0.1) is 0 Å². The Kier molecular flexibility index (Phi) is 4.22. The van der Waals surface area contributed by atoms with Gasteiger partial charge in [-0.2, -0.15) is 0 Å². The Morgan fingerprint density at radius 2 is 2.07 bits per heavy atom. The van der Waals surface area contributed by atoms with E-state index >= 15 is 0 Å². The molecule has 1 aromatic rings. The molecule has 0 amide bonds. The summed E-state index contributed by atoms with van der Waals surface area (Å²) in [7, 11) is 1.59. The van der Waals surface area contributed by atoms with E-state index in [1.165, 1.54) is 0 Å².